The van der Waals surface area contributed by atoms with Gasteiger partial charge in [0.2, 0.25) is 23.6 Å². The highest BCUT2D eigenvalue weighted by molar-refractivity contribution is 5.94. The first-order chi connectivity index (χ1) is 14.9. The smallest absolute Gasteiger partial charge is 0.326 e. The lowest BCUT2D eigenvalue weighted by Gasteiger charge is -2.31. The summed E-state index contributed by atoms with van der Waals surface area (Å²) < 4.78 is 0. The third-order valence-corrected chi connectivity index (χ3v) is 5.70. The van der Waals surface area contributed by atoms with Crippen LogP contribution in [0.3, 0.4) is 0 Å². The number of amides is 4. The first-order valence-corrected chi connectivity index (χ1v) is 10.8. The van der Waals surface area contributed by atoms with Gasteiger partial charge in [-0.1, -0.05) is 20.3 Å². The van der Waals surface area contributed by atoms with Crippen molar-refractivity contribution in [1.29, 1.82) is 0 Å². The molecule has 1 aliphatic heterocycles. The molecule has 1 rings (SSSR count). The molecule has 4 amide bonds. The zero-order valence-corrected chi connectivity index (χ0v) is 18.7. The van der Waals surface area contributed by atoms with E-state index in [1.807, 2.05) is 6.92 Å². The van der Waals surface area contributed by atoms with E-state index >= 15 is 0 Å². The lowest BCUT2D eigenvalue weighted by Crippen LogP contribution is -2.61. The van der Waals surface area contributed by atoms with Crippen molar-refractivity contribution in [2.75, 3.05) is 6.54 Å². The van der Waals surface area contributed by atoms with Crippen molar-refractivity contribution in [3.63, 3.8) is 0 Å². The highest BCUT2D eigenvalue weighted by atomic mass is 16.4. The average molecular weight is 458 g/mol. The van der Waals surface area contributed by atoms with Gasteiger partial charge >= 0.3 is 5.97 Å². The SMILES string of the molecule is CCC(C)C(NC(=O)C(N)CCC(N)=O)C(=O)NC(C(=O)N1CCCC1C(=O)O)C(C)O. The molecule has 0 spiro atoms. The lowest BCUT2D eigenvalue weighted by molar-refractivity contribution is -0.151. The van der Waals surface area contributed by atoms with Crippen LogP contribution in [0, 0.1) is 5.92 Å². The topological polar surface area (TPSA) is 205 Å². The van der Waals surface area contributed by atoms with Crippen molar-refractivity contribution in [3.8, 4) is 0 Å². The Balaban J connectivity index is 2.95. The molecule has 1 fully saturated rings. The minimum atomic E-state index is -1.38. The van der Waals surface area contributed by atoms with E-state index in [2.05, 4.69) is 10.6 Å². The maximum absolute atomic E-state index is 13.0. The predicted molar refractivity (Wildman–Crippen MR) is 114 cm³/mol. The van der Waals surface area contributed by atoms with Gasteiger partial charge in [-0.3, -0.25) is 19.2 Å². The summed E-state index contributed by atoms with van der Waals surface area (Å²) in [4.78, 5) is 61.8. The van der Waals surface area contributed by atoms with Crippen LogP contribution in [0.1, 0.15) is 52.9 Å². The molecule has 1 aliphatic rings. The zero-order valence-electron chi connectivity index (χ0n) is 18.7. The van der Waals surface area contributed by atoms with Crippen LogP contribution >= 0.6 is 0 Å². The molecule has 1 heterocycles. The molecule has 0 aromatic carbocycles. The van der Waals surface area contributed by atoms with Gasteiger partial charge < -0.3 is 37.2 Å². The Hall–Kier alpha value is -2.73. The van der Waals surface area contributed by atoms with Crippen LogP contribution in [-0.4, -0.2) is 81.5 Å². The molecule has 0 aliphatic carbocycles. The molecule has 8 N–H and O–H groups in total. The molecule has 6 unspecified atom stereocenters. The maximum Gasteiger partial charge on any atom is 0.326 e. The largest absolute Gasteiger partial charge is 0.480 e. The summed E-state index contributed by atoms with van der Waals surface area (Å²) in [6, 6.07) is -4.52. The molecule has 6 atom stereocenters. The first kappa shape index (κ1) is 27.3. The fourth-order valence-electron chi connectivity index (χ4n) is 3.49. The van der Waals surface area contributed by atoms with E-state index in [0.29, 0.717) is 12.8 Å². The van der Waals surface area contributed by atoms with Gasteiger partial charge in [0.25, 0.3) is 0 Å². The number of aliphatic carboxylic acids is 1. The first-order valence-electron chi connectivity index (χ1n) is 10.8. The van der Waals surface area contributed by atoms with Crippen molar-refractivity contribution >= 4 is 29.6 Å². The number of nitrogens with two attached hydrogens (primary N) is 2. The number of nitrogens with zero attached hydrogens (tertiary/aromatic N) is 1. The average Bonchev–Trinajstić information content (AvgIpc) is 3.22. The van der Waals surface area contributed by atoms with Crippen LogP contribution in [0.25, 0.3) is 0 Å². The van der Waals surface area contributed by atoms with Crippen LogP contribution in [0.2, 0.25) is 0 Å². The third kappa shape index (κ3) is 7.45. The molecule has 0 aromatic rings. The standard InChI is InChI=1S/C20H35N5O7/c1-4-10(2)15(23-17(28)12(21)7-8-14(22)27)18(29)24-16(11(3)26)19(30)25-9-5-6-13(25)20(31)32/h10-13,15-16,26H,4-9,21H2,1-3H3,(H2,22,27)(H,23,28)(H,24,29)(H,31,32). The molecule has 32 heavy (non-hydrogen) atoms. The molecule has 12 heteroatoms. The lowest BCUT2D eigenvalue weighted by atomic mass is 9.96. The second-order valence-corrected chi connectivity index (χ2v) is 8.24. The van der Waals surface area contributed by atoms with E-state index in [4.69, 9.17) is 11.5 Å². The van der Waals surface area contributed by atoms with Crippen molar-refractivity contribution < 1.29 is 34.2 Å². The number of primary amides is 1. The number of carbonyl (C=O) groups excluding carboxylic acids is 4. The van der Waals surface area contributed by atoms with Gasteiger partial charge in [-0.15, -0.1) is 0 Å². The molecular formula is C20H35N5O7. The van der Waals surface area contributed by atoms with Gasteiger partial charge in [0.1, 0.15) is 18.1 Å². The van der Waals surface area contributed by atoms with E-state index in [1.54, 1.807) is 6.92 Å². The molecule has 0 bridgehead atoms. The Labute approximate surface area is 187 Å². The fraction of sp³-hybridized carbons (Fsp3) is 0.750. The van der Waals surface area contributed by atoms with E-state index in [9.17, 15) is 34.2 Å². The van der Waals surface area contributed by atoms with E-state index < -0.39 is 59.9 Å². The quantitative estimate of drug-likeness (QED) is 0.194. The number of nitrogens with one attached hydrogen (secondary N) is 2. The summed E-state index contributed by atoms with van der Waals surface area (Å²) in [6.07, 6.45) is -0.0823. The molecule has 12 nitrogen and oxygen atoms in total. The Kier molecular flexibility index (Phi) is 10.5. The number of carbonyl (C=O) groups is 5. The van der Waals surface area contributed by atoms with Crippen LogP contribution in [-0.2, 0) is 24.0 Å². The van der Waals surface area contributed by atoms with Gasteiger partial charge in [0, 0.05) is 13.0 Å². The monoisotopic (exact) mass is 457 g/mol. The van der Waals surface area contributed by atoms with Gasteiger partial charge in [-0.25, -0.2) is 4.79 Å². The second kappa shape index (κ2) is 12.3. The number of aliphatic hydroxyl groups is 1. The summed E-state index contributed by atoms with van der Waals surface area (Å²) in [5.74, 6) is -4.17. The minimum absolute atomic E-state index is 0.0103. The summed E-state index contributed by atoms with van der Waals surface area (Å²) in [7, 11) is 0. The van der Waals surface area contributed by atoms with Crippen LogP contribution < -0.4 is 22.1 Å². The number of carboxylic acid groups (broad SMARTS) is 1. The molecule has 182 valence electrons. The Morgan fingerprint density at radius 2 is 1.69 bits per heavy atom. The van der Waals surface area contributed by atoms with Gasteiger partial charge in [-0.2, -0.15) is 0 Å². The highest BCUT2D eigenvalue weighted by Gasteiger charge is 2.40. The van der Waals surface area contributed by atoms with Crippen molar-refractivity contribution in [1.82, 2.24) is 15.5 Å². The number of likely N-dealkylation sites (tertiary alicyclic amines) is 1. The zero-order chi connectivity index (χ0) is 24.6. The van der Waals surface area contributed by atoms with Crippen molar-refractivity contribution in [3.05, 3.63) is 0 Å². The van der Waals surface area contributed by atoms with Crippen molar-refractivity contribution in [2.24, 2.45) is 17.4 Å². The van der Waals surface area contributed by atoms with E-state index in [1.165, 1.54) is 6.92 Å². The fourth-order valence-corrected chi connectivity index (χ4v) is 3.49. The van der Waals surface area contributed by atoms with Gasteiger partial charge in [0.15, 0.2) is 0 Å². The second-order valence-electron chi connectivity index (χ2n) is 8.24. The summed E-state index contributed by atoms with van der Waals surface area (Å²) in [5.41, 5.74) is 10.8. The number of carboxylic acids is 1. The normalized spacial score (nSPS) is 20.5. The number of hydrogen-bond acceptors (Lipinski definition) is 7. The minimum Gasteiger partial charge on any atom is -0.480 e. The molecule has 1 saturated heterocycles. The number of aliphatic hydroxyl groups excluding tert-OH is 1. The molecule has 0 radical (unpaired) electrons. The Morgan fingerprint density at radius 1 is 1.09 bits per heavy atom. The van der Waals surface area contributed by atoms with Crippen LogP contribution in [0.15, 0.2) is 0 Å². The molecule has 0 saturated carbocycles. The summed E-state index contributed by atoms with van der Waals surface area (Å²) in [6.45, 7) is 5.04. The third-order valence-electron chi connectivity index (χ3n) is 5.70. The highest BCUT2D eigenvalue weighted by Crippen LogP contribution is 2.19. The Bertz CT molecular complexity index is 714. The number of hydrogen-bond donors (Lipinski definition) is 6. The number of rotatable bonds is 12. The molecule has 0 aromatic heterocycles. The van der Waals surface area contributed by atoms with Crippen molar-refractivity contribution in [2.45, 2.75) is 83.1 Å². The van der Waals surface area contributed by atoms with Crippen LogP contribution in [0.5, 0.6) is 0 Å². The van der Waals surface area contributed by atoms with E-state index in [0.717, 1.165) is 4.90 Å². The summed E-state index contributed by atoms with van der Waals surface area (Å²) in [5, 5.41) is 24.5. The molecular weight excluding hydrogens is 422 g/mol. The van der Waals surface area contributed by atoms with Gasteiger partial charge in [0.05, 0.1) is 12.1 Å². The van der Waals surface area contributed by atoms with Crippen LogP contribution in [0.4, 0.5) is 0 Å². The van der Waals surface area contributed by atoms with E-state index in [-0.39, 0.29) is 31.7 Å². The maximum atomic E-state index is 13.0. The summed E-state index contributed by atoms with van der Waals surface area (Å²) >= 11 is 0. The predicted octanol–water partition coefficient (Wildman–Crippen LogP) is -1.95. The van der Waals surface area contributed by atoms with Gasteiger partial charge in [-0.05, 0) is 32.1 Å². The Morgan fingerprint density at radius 3 is 2.19 bits per heavy atom.